The van der Waals surface area contributed by atoms with E-state index < -0.39 is 0 Å². The van der Waals surface area contributed by atoms with E-state index in [9.17, 15) is 4.39 Å². The van der Waals surface area contributed by atoms with Crippen LogP contribution in [0.15, 0.2) is 21.6 Å². The van der Waals surface area contributed by atoms with Crippen LogP contribution in [0, 0.1) is 23.6 Å². The van der Waals surface area contributed by atoms with Gasteiger partial charge in [-0.2, -0.15) is 0 Å². The molecule has 2 saturated carbocycles. The lowest BCUT2D eigenvalue weighted by Gasteiger charge is -2.39. The van der Waals surface area contributed by atoms with Crippen LogP contribution in [0.4, 0.5) is 10.1 Å². The molecule has 5 aliphatic rings. The van der Waals surface area contributed by atoms with Crippen LogP contribution < -0.4 is 0 Å². The first-order chi connectivity index (χ1) is 10.2. The molecule has 1 aromatic rings. The molecule has 0 radical (unpaired) electrons. The Hall–Kier alpha value is -0.900. The van der Waals surface area contributed by atoms with E-state index in [0.717, 1.165) is 34.1 Å². The molecule has 1 aromatic carbocycles. The molecule has 6 rings (SSSR count). The molecule has 0 amide bonds. The van der Waals surface area contributed by atoms with E-state index >= 15 is 0 Å². The number of amidine groups is 1. The van der Waals surface area contributed by atoms with E-state index in [4.69, 9.17) is 4.99 Å². The highest BCUT2D eigenvalue weighted by atomic mass is 79.9. The monoisotopic (exact) mass is 348 g/mol. The summed E-state index contributed by atoms with van der Waals surface area (Å²) in [6, 6.07) is 3.82. The van der Waals surface area contributed by atoms with Crippen LogP contribution in [-0.4, -0.2) is 16.8 Å². The Labute approximate surface area is 132 Å². The van der Waals surface area contributed by atoms with Gasteiger partial charge < -0.3 is 4.90 Å². The molecule has 2 saturated heterocycles. The van der Waals surface area contributed by atoms with Gasteiger partial charge in [0.2, 0.25) is 0 Å². The largest absolute Gasteiger partial charge is 0.352 e. The van der Waals surface area contributed by atoms with Crippen LogP contribution >= 0.6 is 15.9 Å². The number of halogens is 2. The van der Waals surface area contributed by atoms with Crippen LogP contribution in [0.25, 0.3) is 0 Å². The predicted octanol–water partition coefficient (Wildman–Crippen LogP) is 4.64. The number of hydrogen-bond acceptors (Lipinski definition) is 2. The lowest BCUT2D eigenvalue weighted by Crippen LogP contribution is -2.42. The molecule has 4 heteroatoms. The predicted molar refractivity (Wildman–Crippen MR) is 84.1 cm³/mol. The van der Waals surface area contributed by atoms with Crippen molar-refractivity contribution >= 4 is 27.5 Å². The van der Waals surface area contributed by atoms with E-state index in [1.54, 1.807) is 12.1 Å². The Balaban J connectivity index is 1.66. The minimum atomic E-state index is -0.196. The maximum atomic E-state index is 13.7. The van der Waals surface area contributed by atoms with Crippen molar-refractivity contribution in [3.8, 4) is 0 Å². The van der Waals surface area contributed by atoms with Crippen molar-refractivity contribution in [1.82, 2.24) is 4.90 Å². The number of hydrogen-bond donors (Lipinski definition) is 0. The Kier molecular flexibility index (Phi) is 2.59. The van der Waals surface area contributed by atoms with Gasteiger partial charge in [-0.05, 0) is 56.1 Å². The highest BCUT2D eigenvalue weighted by Crippen LogP contribution is 2.50. The minimum absolute atomic E-state index is 0.196. The summed E-state index contributed by atoms with van der Waals surface area (Å²) in [6.45, 7) is 0.898. The summed E-state index contributed by atoms with van der Waals surface area (Å²) in [5, 5.41) is 0. The lowest BCUT2D eigenvalue weighted by atomic mass is 9.68. The first-order valence-electron chi connectivity index (χ1n) is 8.00. The Morgan fingerprint density at radius 3 is 2.62 bits per heavy atom. The maximum Gasteiger partial charge on any atom is 0.126 e. The van der Waals surface area contributed by atoms with Crippen molar-refractivity contribution in [3.05, 3.63) is 28.0 Å². The molecule has 2 nitrogen and oxygen atoms in total. The summed E-state index contributed by atoms with van der Waals surface area (Å²) in [6.07, 6.45) is 6.70. The molecule has 4 bridgehead atoms. The molecule has 3 aliphatic heterocycles. The molecule has 2 atom stereocenters. The van der Waals surface area contributed by atoms with E-state index in [1.165, 1.54) is 37.9 Å². The van der Waals surface area contributed by atoms with E-state index in [2.05, 4.69) is 20.8 Å². The van der Waals surface area contributed by atoms with Gasteiger partial charge in [0.15, 0.2) is 0 Å². The van der Waals surface area contributed by atoms with E-state index in [1.807, 2.05) is 0 Å². The van der Waals surface area contributed by atoms with Gasteiger partial charge in [0.1, 0.15) is 11.7 Å². The number of benzene rings is 1. The number of nitrogens with zero attached hydrogens (tertiary/aromatic N) is 2. The van der Waals surface area contributed by atoms with Gasteiger partial charge in [-0.1, -0.05) is 15.9 Å². The third kappa shape index (κ3) is 1.84. The fraction of sp³-hybridized carbons (Fsp3) is 0.588. The average Bonchev–Trinajstić information content (AvgIpc) is 2.59. The summed E-state index contributed by atoms with van der Waals surface area (Å²) in [5.41, 5.74) is 2.00. The van der Waals surface area contributed by atoms with Crippen LogP contribution in [0.1, 0.15) is 37.7 Å². The summed E-state index contributed by atoms with van der Waals surface area (Å²) < 4.78 is 14.5. The van der Waals surface area contributed by atoms with Crippen molar-refractivity contribution in [2.24, 2.45) is 22.7 Å². The zero-order chi connectivity index (χ0) is 14.1. The third-order valence-corrected chi connectivity index (χ3v) is 6.62. The van der Waals surface area contributed by atoms with Crippen LogP contribution in [0.3, 0.4) is 0 Å². The normalized spacial score (nSPS) is 36.1. The van der Waals surface area contributed by atoms with E-state index in [0.29, 0.717) is 12.0 Å². The van der Waals surface area contributed by atoms with Gasteiger partial charge in [-0.15, -0.1) is 0 Å². The fourth-order valence-electron chi connectivity index (χ4n) is 5.21. The molecule has 4 fully saturated rings. The van der Waals surface area contributed by atoms with Gasteiger partial charge in [-0.25, -0.2) is 9.38 Å². The average molecular weight is 349 g/mol. The quantitative estimate of drug-likeness (QED) is 0.666. The van der Waals surface area contributed by atoms with Crippen LogP contribution in [-0.2, 0) is 6.54 Å². The SMILES string of the molecule is Fc1cc(Br)c2c(c1)N=C1C3C[C@H]4CC(C[C@H](C3)C4)N1C2. The van der Waals surface area contributed by atoms with Crippen molar-refractivity contribution < 1.29 is 4.39 Å². The molecule has 21 heavy (non-hydrogen) atoms. The molecular formula is C17H18BrFN2. The highest BCUT2D eigenvalue weighted by Gasteiger charge is 2.46. The zero-order valence-corrected chi connectivity index (χ0v) is 13.4. The molecule has 110 valence electrons. The first-order valence-corrected chi connectivity index (χ1v) is 8.80. The summed E-state index contributed by atoms with van der Waals surface area (Å²) >= 11 is 3.53. The minimum Gasteiger partial charge on any atom is -0.352 e. The van der Waals surface area contributed by atoms with Gasteiger partial charge in [0.25, 0.3) is 0 Å². The van der Waals surface area contributed by atoms with Gasteiger partial charge >= 0.3 is 0 Å². The van der Waals surface area contributed by atoms with Gasteiger partial charge in [-0.3, -0.25) is 0 Å². The van der Waals surface area contributed by atoms with Crippen LogP contribution in [0.2, 0.25) is 0 Å². The summed E-state index contributed by atoms with van der Waals surface area (Å²) in [7, 11) is 0. The smallest absolute Gasteiger partial charge is 0.126 e. The Bertz CT molecular complexity index is 642. The second kappa shape index (κ2) is 4.31. The second-order valence-corrected chi connectivity index (χ2v) is 8.10. The lowest BCUT2D eigenvalue weighted by molar-refractivity contribution is 0.128. The second-order valence-electron chi connectivity index (χ2n) is 7.24. The molecule has 3 heterocycles. The van der Waals surface area contributed by atoms with Gasteiger partial charge in [0, 0.05) is 28.5 Å². The topological polar surface area (TPSA) is 15.6 Å². The molecule has 0 unspecified atom stereocenters. The van der Waals surface area contributed by atoms with E-state index in [-0.39, 0.29) is 5.82 Å². The molecular weight excluding hydrogens is 331 g/mol. The number of aliphatic imine (C=N–C) groups is 1. The van der Waals surface area contributed by atoms with Crippen molar-refractivity contribution in [2.75, 3.05) is 0 Å². The maximum absolute atomic E-state index is 13.7. The molecule has 2 aliphatic carbocycles. The Morgan fingerprint density at radius 2 is 1.86 bits per heavy atom. The molecule has 0 N–H and O–H groups in total. The zero-order valence-electron chi connectivity index (χ0n) is 11.9. The van der Waals surface area contributed by atoms with Crippen molar-refractivity contribution in [1.29, 1.82) is 0 Å². The highest BCUT2D eigenvalue weighted by molar-refractivity contribution is 9.10. The van der Waals surface area contributed by atoms with Gasteiger partial charge in [0.05, 0.1) is 5.69 Å². The number of fused-ring (bicyclic) bond motifs is 1. The van der Waals surface area contributed by atoms with Crippen LogP contribution in [0.5, 0.6) is 0 Å². The van der Waals surface area contributed by atoms with Crippen molar-refractivity contribution in [3.63, 3.8) is 0 Å². The van der Waals surface area contributed by atoms with Crippen molar-refractivity contribution in [2.45, 2.75) is 44.7 Å². The fourth-order valence-corrected chi connectivity index (χ4v) is 5.76. The number of rotatable bonds is 0. The molecule has 0 spiro atoms. The third-order valence-electron chi connectivity index (χ3n) is 5.91. The first kappa shape index (κ1) is 12.6. The Morgan fingerprint density at radius 1 is 1.10 bits per heavy atom. The summed E-state index contributed by atoms with van der Waals surface area (Å²) in [4.78, 5) is 7.47. The standard InChI is InChI=1S/C17H18BrFN2/c18-15-6-12(19)7-16-14(15)8-21-13-4-9-1-10(5-13)3-11(2-9)17(21)20-16/h6-7,9-11,13H,1-5,8H2/t9-,10-,11?,13?/m0/s1. The molecule has 0 aromatic heterocycles. The summed E-state index contributed by atoms with van der Waals surface area (Å²) in [5.74, 6) is 3.46.